The number of sulfonamides is 1. The third kappa shape index (κ3) is 3.60. The summed E-state index contributed by atoms with van der Waals surface area (Å²) in [6.07, 6.45) is -0.411. The Balaban J connectivity index is 1.69. The zero-order chi connectivity index (χ0) is 18.2. The molecule has 3 rings (SSSR count). The van der Waals surface area contributed by atoms with Crippen LogP contribution in [0, 0.1) is 13.8 Å². The van der Waals surface area contributed by atoms with Crippen LogP contribution in [0.5, 0.6) is 0 Å². The number of aryl methyl sites for hydroxylation is 1. The topological polar surface area (TPSA) is 115 Å². The summed E-state index contributed by atoms with van der Waals surface area (Å²) in [5.41, 5.74) is 1.50. The Morgan fingerprint density at radius 2 is 2.12 bits per heavy atom. The summed E-state index contributed by atoms with van der Waals surface area (Å²) in [6, 6.07) is 2.87. The average molecular weight is 369 g/mol. The highest BCUT2D eigenvalue weighted by Crippen LogP contribution is 2.28. The second-order valence-electron chi connectivity index (χ2n) is 5.90. The van der Waals surface area contributed by atoms with E-state index >= 15 is 0 Å². The molecule has 0 aromatic carbocycles. The second-order valence-corrected chi connectivity index (χ2v) is 7.60. The van der Waals surface area contributed by atoms with Gasteiger partial charge in [-0.3, -0.25) is 4.79 Å². The molecule has 136 valence electrons. The molecule has 2 aromatic rings. The predicted octanol–water partition coefficient (Wildman–Crippen LogP) is 0.687. The SMILES string of the molecule is Cc1noc(-c2ccc(S(=O)(=O)NCC3CN(C)C(=O)CO3)o2)c1C. The average Bonchev–Trinajstić information content (AvgIpc) is 3.17. The second kappa shape index (κ2) is 6.62. The lowest BCUT2D eigenvalue weighted by molar-refractivity contribution is -0.146. The van der Waals surface area contributed by atoms with E-state index < -0.39 is 16.1 Å². The molecule has 1 N–H and O–H groups in total. The highest BCUT2D eigenvalue weighted by Gasteiger charge is 2.27. The first-order valence-corrected chi connectivity index (χ1v) is 9.14. The van der Waals surface area contributed by atoms with Gasteiger partial charge in [0.1, 0.15) is 6.61 Å². The number of hydrogen-bond donors (Lipinski definition) is 1. The summed E-state index contributed by atoms with van der Waals surface area (Å²) in [5.74, 6) is 0.555. The Hall–Kier alpha value is -2.17. The molecule has 0 bridgehead atoms. The molecule has 1 amide bonds. The van der Waals surface area contributed by atoms with E-state index in [1.165, 1.54) is 17.0 Å². The molecule has 2 aromatic heterocycles. The minimum atomic E-state index is -3.85. The van der Waals surface area contributed by atoms with Gasteiger partial charge in [0, 0.05) is 25.7 Å². The van der Waals surface area contributed by atoms with Crippen molar-refractivity contribution in [1.82, 2.24) is 14.8 Å². The number of hydrogen-bond acceptors (Lipinski definition) is 7. The molecule has 1 atom stereocenters. The Labute approximate surface area is 145 Å². The van der Waals surface area contributed by atoms with Crippen molar-refractivity contribution in [2.75, 3.05) is 26.7 Å². The zero-order valence-corrected chi connectivity index (χ0v) is 14.9. The molecule has 0 saturated carbocycles. The molecule has 0 radical (unpaired) electrons. The van der Waals surface area contributed by atoms with Gasteiger partial charge in [0.2, 0.25) is 16.8 Å². The van der Waals surface area contributed by atoms with Crippen LogP contribution < -0.4 is 4.72 Å². The highest BCUT2D eigenvalue weighted by atomic mass is 32.2. The monoisotopic (exact) mass is 369 g/mol. The molecule has 10 heteroatoms. The maximum Gasteiger partial charge on any atom is 0.274 e. The smallest absolute Gasteiger partial charge is 0.274 e. The maximum absolute atomic E-state index is 12.4. The molecule has 1 aliphatic heterocycles. The fourth-order valence-electron chi connectivity index (χ4n) is 2.39. The van der Waals surface area contributed by atoms with Gasteiger partial charge in [-0.05, 0) is 26.0 Å². The maximum atomic E-state index is 12.4. The molecule has 1 unspecified atom stereocenters. The Bertz CT molecular complexity index is 885. The van der Waals surface area contributed by atoms with Crippen molar-refractivity contribution in [3.05, 3.63) is 23.4 Å². The molecule has 1 fully saturated rings. The molecule has 9 nitrogen and oxygen atoms in total. The number of ether oxygens (including phenoxy) is 1. The number of carbonyl (C=O) groups is 1. The standard InChI is InChI=1S/C15H19N3O6S/c1-9-10(2)17-24-15(9)12-4-5-14(23-12)25(20,21)16-6-11-7-18(3)13(19)8-22-11/h4-5,11,16H,6-8H2,1-3H3. The number of morpholine rings is 1. The number of aromatic nitrogens is 1. The molecule has 0 aliphatic carbocycles. The number of nitrogens with one attached hydrogen (secondary N) is 1. The van der Waals surface area contributed by atoms with Crippen LogP contribution in [0.4, 0.5) is 0 Å². The Kier molecular flexibility index (Phi) is 4.67. The summed E-state index contributed by atoms with van der Waals surface area (Å²) in [6.45, 7) is 3.90. The predicted molar refractivity (Wildman–Crippen MR) is 86.2 cm³/mol. The number of rotatable bonds is 5. The first-order chi connectivity index (χ1) is 11.8. The summed E-state index contributed by atoms with van der Waals surface area (Å²) in [4.78, 5) is 12.9. The summed E-state index contributed by atoms with van der Waals surface area (Å²) >= 11 is 0. The molecule has 1 saturated heterocycles. The molecule has 25 heavy (non-hydrogen) atoms. The van der Waals surface area contributed by atoms with Gasteiger partial charge in [-0.25, -0.2) is 13.1 Å². The van der Waals surface area contributed by atoms with Crippen molar-refractivity contribution in [2.45, 2.75) is 25.0 Å². The van der Waals surface area contributed by atoms with Crippen molar-refractivity contribution < 1.29 is 26.9 Å². The third-order valence-corrected chi connectivity index (χ3v) is 5.37. The van der Waals surface area contributed by atoms with Crippen LogP contribution in [0.15, 0.2) is 26.2 Å². The van der Waals surface area contributed by atoms with E-state index in [1.807, 2.05) is 6.92 Å². The Morgan fingerprint density at radius 1 is 1.36 bits per heavy atom. The van der Waals surface area contributed by atoms with Crippen molar-refractivity contribution in [3.63, 3.8) is 0 Å². The summed E-state index contributed by atoms with van der Waals surface area (Å²) in [7, 11) is -2.20. The van der Waals surface area contributed by atoms with Crippen LogP contribution in [0.3, 0.4) is 0 Å². The fourth-order valence-corrected chi connectivity index (χ4v) is 3.38. The number of likely N-dealkylation sites (N-methyl/N-ethyl adjacent to an activating group) is 1. The van der Waals surface area contributed by atoms with E-state index in [0.29, 0.717) is 18.0 Å². The molecular formula is C15H19N3O6S. The Morgan fingerprint density at radius 3 is 2.76 bits per heavy atom. The number of nitrogens with zero attached hydrogens (tertiary/aromatic N) is 2. The van der Waals surface area contributed by atoms with Crippen molar-refractivity contribution in [2.24, 2.45) is 0 Å². The largest absolute Gasteiger partial charge is 0.440 e. The van der Waals surface area contributed by atoms with E-state index in [2.05, 4.69) is 9.88 Å². The highest BCUT2D eigenvalue weighted by molar-refractivity contribution is 7.89. The van der Waals surface area contributed by atoms with Crippen LogP contribution in [0.1, 0.15) is 11.3 Å². The van der Waals surface area contributed by atoms with Crippen LogP contribution in [-0.2, 0) is 19.6 Å². The van der Waals surface area contributed by atoms with E-state index in [4.69, 9.17) is 13.7 Å². The summed E-state index contributed by atoms with van der Waals surface area (Å²) < 4.78 is 43.1. The van der Waals surface area contributed by atoms with E-state index in [1.54, 1.807) is 14.0 Å². The van der Waals surface area contributed by atoms with Crippen LogP contribution in [0.2, 0.25) is 0 Å². The molecular weight excluding hydrogens is 350 g/mol. The lowest BCUT2D eigenvalue weighted by atomic mass is 10.2. The van der Waals surface area contributed by atoms with Crippen molar-refractivity contribution in [1.29, 1.82) is 0 Å². The first kappa shape index (κ1) is 17.6. The minimum absolute atomic E-state index is 0.0381. The number of furan rings is 1. The van der Waals surface area contributed by atoms with E-state index in [0.717, 1.165) is 5.56 Å². The first-order valence-electron chi connectivity index (χ1n) is 7.66. The van der Waals surface area contributed by atoms with Gasteiger partial charge in [0.05, 0.1) is 11.8 Å². The van der Waals surface area contributed by atoms with Gasteiger partial charge in [0.15, 0.2) is 5.76 Å². The van der Waals surface area contributed by atoms with Crippen LogP contribution >= 0.6 is 0 Å². The van der Waals surface area contributed by atoms with Gasteiger partial charge in [-0.2, -0.15) is 0 Å². The quantitative estimate of drug-likeness (QED) is 0.824. The number of amides is 1. The molecule has 1 aliphatic rings. The molecule has 0 spiro atoms. The third-order valence-electron chi connectivity index (χ3n) is 4.07. The normalized spacial score (nSPS) is 18.8. The van der Waals surface area contributed by atoms with E-state index in [9.17, 15) is 13.2 Å². The van der Waals surface area contributed by atoms with Crippen LogP contribution in [-0.4, -0.2) is 57.2 Å². The zero-order valence-electron chi connectivity index (χ0n) is 14.1. The minimum Gasteiger partial charge on any atom is -0.440 e. The van der Waals surface area contributed by atoms with Crippen molar-refractivity contribution >= 4 is 15.9 Å². The van der Waals surface area contributed by atoms with Gasteiger partial charge in [0.25, 0.3) is 10.0 Å². The van der Waals surface area contributed by atoms with Crippen molar-refractivity contribution in [3.8, 4) is 11.5 Å². The fraction of sp³-hybridized carbons (Fsp3) is 0.467. The molecule has 3 heterocycles. The van der Waals surface area contributed by atoms with Gasteiger partial charge in [-0.1, -0.05) is 5.16 Å². The summed E-state index contributed by atoms with van der Waals surface area (Å²) in [5, 5.41) is 3.60. The van der Waals surface area contributed by atoms with E-state index in [-0.39, 0.29) is 29.9 Å². The lowest BCUT2D eigenvalue weighted by Crippen LogP contribution is -2.48. The van der Waals surface area contributed by atoms with Crippen LogP contribution in [0.25, 0.3) is 11.5 Å². The lowest BCUT2D eigenvalue weighted by Gasteiger charge is -2.29. The number of carbonyl (C=O) groups excluding carboxylic acids is 1. The van der Waals surface area contributed by atoms with Gasteiger partial charge >= 0.3 is 0 Å². The van der Waals surface area contributed by atoms with Gasteiger partial charge < -0.3 is 18.6 Å². The van der Waals surface area contributed by atoms with Gasteiger partial charge in [-0.15, -0.1) is 0 Å².